The van der Waals surface area contributed by atoms with E-state index < -0.39 is 5.97 Å². The summed E-state index contributed by atoms with van der Waals surface area (Å²) in [7, 11) is 1.29. The number of phenolic OH excluding ortho intramolecular Hbond substituents is 1. The molecule has 0 aliphatic rings. The highest BCUT2D eigenvalue weighted by Crippen LogP contribution is 2.13. The molecule has 0 unspecified atom stereocenters. The van der Waals surface area contributed by atoms with Gasteiger partial charge in [-0.05, 0) is 18.2 Å². The smallest absolute Gasteiger partial charge is 0.327 e. The normalized spacial score (nSPS) is 10.1. The molecule has 1 aromatic carbocycles. The van der Waals surface area contributed by atoms with Crippen LogP contribution in [-0.4, -0.2) is 33.9 Å². The predicted octanol–water partition coefficient (Wildman–Crippen LogP) is 1.01. The fourth-order valence-corrected chi connectivity index (χ4v) is 1.56. The van der Waals surface area contributed by atoms with Crippen molar-refractivity contribution in [2.24, 2.45) is 0 Å². The number of anilines is 1. The lowest BCUT2D eigenvalue weighted by Crippen LogP contribution is -2.12. The number of amides is 1. The average Bonchev–Trinajstić information content (AvgIpc) is 2.85. The fourth-order valence-electron chi connectivity index (χ4n) is 1.56. The molecule has 2 N–H and O–H groups in total. The molecule has 0 spiro atoms. The summed E-state index contributed by atoms with van der Waals surface area (Å²) in [6.07, 6.45) is 2.93. The van der Waals surface area contributed by atoms with E-state index in [0.717, 1.165) is 0 Å². The topological polar surface area (TPSA) is 93.5 Å². The first-order chi connectivity index (χ1) is 9.58. The summed E-state index contributed by atoms with van der Waals surface area (Å²) in [5.41, 5.74) is 0.771. The maximum absolute atomic E-state index is 11.9. The Bertz CT molecular complexity index is 636. The SMILES string of the molecule is COC(=O)Cn1cc(NC(=O)c2cccc(O)c2)cn1. The van der Waals surface area contributed by atoms with E-state index in [0.29, 0.717) is 11.3 Å². The number of aromatic nitrogens is 2. The van der Waals surface area contributed by atoms with E-state index in [1.807, 2.05) is 0 Å². The molecule has 0 atom stereocenters. The maximum atomic E-state index is 11.9. The van der Waals surface area contributed by atoms with Gasteiger partial charge in [-0.3, -0.25) is 14.3 Å². The number of nitrogens with zero attached hydrogens (tertiary/aromatic N) is 2. The van der Waals surface area contributed by atoms with Crippen LogP contribution in [0.25, 0.3) is 0 Å². The number of carbonyl (C=O) groups excluding carboxylic acids is 2. The molecular weight excluding hydrogens is 262 g/mol. The van der Waals surface area contributed by atoms with Crippen LogP contribution in [-0.2, 0) is 16.1 Å². The van der Waals surface area contributed by atoms with Gasteiger partial charge in [-0.25, -0.2) is 0 Å². The molecule has 0 fully saturated rings. The van der Waals surface area contributed by atoms with E-state index in [1.54, 1.807) is 12.1 Å². The number of hydrogen-bond acceptors (Lipinski definition) is 5. The van der Waals surface area contributed by atoms with E-state index in [4.69, 9.17) is 0 Å². The lowest BCUT2D eigenvalue weighted by molar-refractivity contribution is -0.141. The largest absolute Gasteiger partial charge is 0.508 e. The van der Waals surface area contributed by atoms with Crippen molar-refractivity contribution in [1.29, 1.82) is 0 Å². The number of hydrogen-bond donors (Lipinski definition) is 2. The third-order valence-corrected chi connectivity index (χ3v) is 2.52. The zero-order valence-electron chi connectivity index (χ0n) is 10.7. The molecule has 0 aliphatic carbocycles. The third kappa shape index (κ3) is 3.35. The Kier molecular flexibility index (Phi) is 3.99. The van der Waals surface area contributed by atoms with Gasteiger partial charge in [0.15, 0.2) is 0 Å². The van der Waals surface area contributed by atoms with Crippen LogP contribution in [0, 0.1) is 0 Å². The number of nitrogens with one attached hydrogen (secondary N) is 1. The monoisotopic (exact) mass is 275 g/mol. The van der Waals surface area contributed by atoms with Gasteiger partial charge in [0.1, 0.15) is 12.3 Å². The Morgan fingerprint density at radius 2 is 2.25 bits per heavy atom. The van der Waals surface area contributed by atoms with Crippen LogP contribution in [0.1, 0.15) is 10.4 Å². The van der Waals surface area contributed by atoms with E-state index in [1.165, 1.54) is 36.3 Å². The minimum Gasteiger partial charge on any atom is -0.508 e. The van der Waals surface area contributed by atoms with Crippen molar-refractivity contribution < 1.29 is 19.4 Å². The predicted molar refractivity (Wildman–Crippen MR) is 70.3 cm³/mol. The average molecular weight is 275 g/mol. The van der Waals surface area contributed by atoms with Gasteiger partial charge >= 0.3 is 5.97 Å². The number of esters is 1. The van der Waals surface area contributed by atoms with Gasteiger partial charge in [0.25, 0.3) is 5.91 Å². The summed E-state index contributed by atoms with van der Waals surface area (Å²) in [6, 6.07) is 5.98. The standard InChI is InChI=1S/C13H13N3O4/c1-20-12(18)8-16-7-10(6-14-16)15-13(19)9-3-2-4-11(17)5-9/h2-7,17H,8H2,1H3,(H,15,19). The first-order valence-electron chi connectivity index (χ1n) is 5.78. The number of rotatable bonds is 4. The molecule has 0 saturated carbocycles. The van der Waals surface area contributed by atoms with Crippen LogP contribution < -0.4 is 5.32 Å². The van der Waals surface area contributed by atoms with Crippen LogP contribution in [0.2, 0.25) is 0 Å². The summed E-state index contributed by atoms with van der Waals surface area (Å²) in [5, 5.41) is 15.8. The zero-order chi connectivity index (χ0) is 14.5. The van der Waals surface area contributed by atoms with Crippen molar-refractivity contribution in [1.82, 2.24) is 9.78 Å². The minimum absolute atomic E-state index is 0.0130. The molecule has 20 heavy (non-hydrogen) atoms. The van der Waals surface area contributed by atoms with Crippen LogP contribution in [0.3, 0.4) is 0 Å². The van der Waals surface area contributed by atoms with E-state index >= 15 is 0 Å². The number of benzene rings is 1. The molecule has 1 amide bonds. The van der Waals surface area contributed by atoms with Gasteiger partial charge < -0.3 is 15.2 Å². The number of aromatic hydroxyl groups is 1. The number of carbonyl (C=O) groups is 2. The molecule has 7 heteroatoms. The molecule has 2 aromatic rings. The Morgan fingerprint density at radius 3 is 2.95 bits per heavy atom. The number of methoxy groups -OCH3 is 1. The lowest BCUT2D eigenvalue weighted by atomic mass is 10.2. The Morgan fingerprint density at radius 1 is 1.45 bits per heavy atom. The van der Waals surface area contributed by atoms with Crippen LogP contribution in [0.15, 0.2) is 36.7 Å². The summed E-state index contributed by atoms with van der Waals surface area (Å²) < 4.78 is 5.86. The molecule has 0 saturated heterocycles. The molecule has 104 valence electrons. The summed E-state index contributed by atoms with van der Waals surface area (Å²) in [5.74, 6) is -0.795. The molecule has 0 bridgehead atoms. The van der Waals surface area contributed by atoms with Gasteiger partial charge in [0.2, 0.25) is 0 Å². The highest BCUT2D eigenvalue weighted by atomic mass is 16.5. The third-order valence-electron chi connectivity index (χ3n) is 2.52. The number of ether oxygens (including phenoxy) is 1. The minimum atomic E-state index is -0.432. The second kappa shape index (κ2) is 5.87. The van der Waals surface area contributed by atoms with Crippen molar-refractivity contribution in [3.63, 3.8) is 0 Å². The molecule has 0 radical (unpaired) electrons. The highest BCUT2D eigenvalue weighted by molar-refractivity contribution is 6.04. The van der Waals surface area contributed by atoms with Crippen LogP contribution in [0.5, 0.6) is 5.75 Å². The first-order valence-corrected chi connectivity index (χ1v) is 5.78. The second-order valence-corrected chi connectivity index (χ2v) is 4.01. The van der Waals surface area contributed by atoms with Crippen LogP contribution in [0.4, 0.5) is 5.69 Å². The molecule has 0 aliphatic heterocycles. The summed E-state index contributed by atoms with van der Waals surface area (Å²) in [4.78, 5) is 23.0. The Balaban J connectivity index is 2.03. The van der Waals surface area contributed by atoms with Gasteiger partial charge in [-0.15, -0.1) is 0 Å². The molecule has 7 nitrogen and oxygen atoms in total. The van der Waals surface area contributed by atoms with Crippen molar-refractivity contribution in [3.8, 4) is 5.75 Å². The highest BCUT2D eigenvalue weighted by Gasteiger charge is 2.09. The quantitative estimate of drug-likeness (QED) is 0.812. The maximum Gasteiger partial charge on any atom is 0.327 e. The Hall–Kier alpha value is -2.83. The van der Waals surface area contributed by atoms with Gasteiger partial charge in [0.05, 0.1) is 19.0 Å². The lowest BCUT2D eigenvalue weighted by Gasteiger charge is -2.02. The van der Waals surface area contributed by atoms with E-state index in [-0.39, 0.29) is 18.2 Å². The molecular formula is C13H13N3O4. The first kappa shape index (κ1) is 13.6. The zero-order valence-corrected chi connectivity index (χ0v) is 10.7. The number of phenols is 1. The van der Waals surface area contributed by atoms with Crippen molar-refractivity contribution in [2.45, 2.75) is 6.54 Å². The van der Waals surface area contributed by atoms with Gasteiger partial charge in [-0.2, -0.15) is 5.10 Å². The molecule has 1 heterocycles. The fraction of sp³-hybridized carbons (Fsp3) is 0.154. The summed E-state index contributed by atoms with van der Waals surface area (Å²) in [6.45, 7) is -0.0293. The summed E-state index contributed by atoms with van der Waals surface area (Å²) >= 11 is 0. The van der Waals surface area contributed by atoms with Gasteiger partial charge in [-0.1, -0.05) is 6.07 Å². The van der Waals surface area contributed by atoms with Crippen LogP contribution >= 0.6 is 0 Å². The van der Waals surface area contributed by atoms with E-state index in [9.17, 15) is 14.7 Å². The van der Waals surface area contributed by atoms with E-state index in [2.05, 4.69) is 15.2 Å². The van der Waals surface area contributed by atoms with Crippen molar-refractivity contribution >= 4 is 17.6 Å². The van der Waals surface area contributed by atoms with Gasteiger partial charge in [0, 0.05) is 11.8 Å². The second-order valence-electron chi connectivity index (χ2n) is 4.01. The van der Waals surface area contributed by atoms with Crippen molar-refractivity contribution in [2.75, 3.05) is 12.4 Å². The molecule has 2 rings (SSSR count). The molecule has 1 aromatic heterocycles. The van der Waals surface area contributed by atoms with Crippen molar-refractivity contribution in [3.05, 3.63) is 42.2 Å². The Labute approximate surface area is 114 Å².